The van der Waals surface area contributed by atoms with Crippen LogP contribution in [0.5, 0.6) is 5.75 Å². The van der Waals surface area contributed by atoms with E-state index in [1.807, 2.05) is 0 Å². The van der Waals surface area contributed by atoms with Gasteiger partial charge in [-0.05, 0) is 50.8 Å². The molecule has 0 amide bonds. The number of halogens is 4. The highest BCUT2D eigenvalue weighted by atomic mass is 35.5. The Labute approximate surface area is 220 Å². The molecule has 2 aromatic carbocycles. The molecule has 188 valence electrons. The Kier molecular flexibility index (Phi) is 6.59. The van der Waals surface area contributed by atoms with Gasteiger partial charge in [-0.25, -0.2) is 9.07 Å². The number of rotatable bonds is 6. The maximum Gasteiger partial charge on any atom is 0.288 e. The number of nitrogens with one attached hydrogen (secondary N) is 1. The Bertz CT molecular complexity index is 1410. The van der Waals surface area contributed by atoms with Crippen molar-refractivity contribution in [1.29, 1.82) is 0 Å². The summed E-state index contributed by atoms with van der Waals surface area (Å²) in [5.74, 6) is -0.350. The minimum absolute atomic E-state index is 0.00726. The van der Waals surface area contributed by atoms with Crippen LogP contribution in [0, 0.1) is 15.9 Å². The van der Waals surface area contributed by atoms with Gasteiger partial charge in [0, 0.05) is 23.3 Å². The number of aryl methyl sites for hydroxylation is 1. The summed E-state index contributed by atoms with van der Waals surface area (Å²) in [5.41, 5.74) is 4.59. The van der Waals surface area contributed by atoms with Gasteiger partial charge in [-0.1, -0.05) is 40.9 Å². The average Bonchev–Trinajstić information content (AvgIpc) is 3.39. The van der Waals surface area contributed by atoms with Gasteiger partial charge in [0.25, 0.3) is 5.69 Å². The van der Waals surface area contributed by atoms with Crippen LogP contribution in [-0.2, 0) is 17.7 Å². The van der Waals surface area contributed by atoms with Crippen molar-refractivity contribution in [3.63, 3.8) is 0 Å². The molecule has 1 aromatic heterocycles. The highest BCUT2D eigenvalue weighted by Crippen LogP contribution is 2.36. The number of nitrogens with zero attached hydrogens (tertiary/aromatic N) is 3. The first-order valence-electron chi connectivity index (χ1n) is 11.1. The van der Waals surface area contributed by atoms with Crippen molar-refractivity contribution in [1.82, 2.24) is 15.3 Å². The van der Waals surface area contributed by atoms with E-state index in [2.05, 4.69) is 10.6 Å². The molecule has 1 aliphatic heterocycles. The quantitative estimate of drug-likeness (QED) is 0.278. The molecular formula is C24H20Cl3FN4O4. The fraction of sp³-hybridized carbons (Fsp3) is 0.292. The van der Waals surface area contributed by atoms with Crippen molar-refractivity contribution >= 4 is 46.2 Å². The van der Waals surface area contributed by atoms with Gasteiger partial charge in [0.2, 0.25) is 0 Å². The van der Waals surface area contributed by atoms with Crippen molar-refractivity contribution in [2.24, 2.45) is 0 Å². The normalized spacial score (nSPS) is 19.0. The van der Waals surface area contributed by atoms with Crippen molar-refractivity contribution in [2.45, 2.75) is 38.2 Å². The molecule has 1 aliphatic carbocycles. The van der Waals surface area contributed by atoms with Gasteiger partial charge in [-0.3, -0.25) is 20.4 Å². The Morgan fingerprint density at radius 1 is 1.22 bits per heavy atom. The lowest BCUT2D eigenvalue weighted by Crippen LogP contribution is -2.33. The molecule has 12 heteroatoms. The summed E-state index contributed by atoms with van der Waals surface area (Å²) in [6, 6.07) is 7.06. The highest BCUT2D eigenvalue weighted by molar-refractivity contribution is 6.33. The zero-order valence-corrected chi connectivity index (χ0v) is 21.3. The third-order valence-corrected chi connectivity index (χ3v) is 7.14. The third kappa shape index (κ3) is 4.64. The molecule has 0 spiro atoms. The van der Waals surface area contributed by atoms with Crippen LogP contribution in [0.15, 0.2) is 36.4 Å². The predicted molar refractivity (Wildman–Crippen MR) is 134 cm³/mol. The largest absolute Gasteiger partial charge is 0.488 e. The minimum Gasteiger partial charge on any atom is -0.488 e. The van der Waals surface area contributed by atoms with Crippen LogP contribution in [0.2, 0.25) is 15.2 Å². The Balaban J connectivity index is 1.38. The lowest BCUT2D eigenvalue weighted by molar-refractivity contribution is -0.384. The minimum atomic E-state index is -0.954. The summed E-state index contributed by atoms with van der Waals surface area (Å²) in [7, 11) is 0. The van der Waals surface area contributed by atoms with Crippen molar-refractivity contribution in [2.75, 3.05) is 6.61 Å². The Hall–Kier alpha value is -2.85. The van der Waals surface area contributed by atoms with E-state index in [9.17, 15) is 14.5 Å². The van der Waals surface area contributed by atoms with E-state index in [0.29, 0.717) is 16.4 Å². The molecule has 1 atom stereocenters. The maximum atomic E-state index is 14.9. The van der Waals surface area contributed by atoms with E-state index in [1.165, 1.54) is 22.9 Å². The molecule has 0 radical (unpaired) electrons. The molecule has 0 bridgehead atoms. The standard InChI is InChI=1S/C24H20Cl3FN4O4/c1-24(11-19(30-36-24)13-6-7-15(25)20(8-13)32(33)34)12-35-22-10-21(17(28)9-16(22)26)31-23(27)14-4-2-3-5-18(14)29-31/h6-11,30H,2-5,12H2,1H3. The highest BCUT2D eigenvalue weighted by Gasteiger charge is 2.33. The topological polar surface area (TPSA) is 91.5 Å². The Morgan fingerprint density at radius 3 is 2.75 bits per heavy atom. The molecule has 0 fully saturated rings. The monoisotopic (exact) mass is 552 g/mol. The van der Waals surface area contributed by atoms with Crippen LogP contribution < -0.4 is 10.2 Å². The number of nitro benzene ring substituents is 1. The molecule has 0 saturated heterocycles. The summed E-state index contributed by atoms with van der Waals surface area (Å²) < 4.78 is 22.2. The fourth-order valence-corrected chi connectivity index (χ4v) is 4.98. The number of hydrogen-bond donors (Lipinski definition) is 1. The lowest BCUT2D eigenvalue weighted by atomic mass is 9.99. The second-order valence-electron chi connectivity index (χ2n) is 8.86. The van der Waals surface area contributed by atoms with E-state index >= 15 is 0 Å². The SMILES string of the molecule is CC1(COc2cc(-n3nc4c(c3Cl)CCCC4)c(F)cc2Cl)C=C(c2ccc(Cl)c([N+](=O)[O-])c2)NO1. The molecule has 8 nitrogen and oxygen atoms in total. The van der Waals surface area contributed by atoms with Gasteiger partial charge in [0.15, 0.2) is 5.82 Å². The van der Waals surface area contributed by atoms with Gasteiger partial charge in [-0.15, -0.1) is 0 Å². The molecule has 1 N–H and O–H groups in total. The van der Waals surface area contributed by atoms with E-state index in [0.717, 1.165) is 43.0 Å². The number of hydroxylamine groups is 1. The fourth-order valence-electron chi connectivity index (χ4n) is 4.26. The first kappa shape index (κ1) is 24.8. The van der Waals surface area contributed by atoms with E-state index in [1.54, 1.807) is 19.1 Å². The number of ether oxygens (including phenoxy) is 1. The summed E-state index contributed by atoms with van der Waals surface area (Å²) in [5, 5.41) is 16.2. The van der Waals surface area contributed by atoms with E-state index < -0.39 is 16.3 Å². The van der Waals surface area contributed by atoms with Crippen LogP contribution in [0.1, 0.15) is 36.6 Å². The smallest absolute Gasteiger partial charge is 0.288 e. The second-order valence-corrected chi connectivity index (χ2v) is 10.0. The first-order valence-corrected chi connectivity index (χ1v) is 12.3. The molecule has 2 aliphatic rings. The predicted octanol–water partition coefficient (Wildman–Crippen LogP) is 6.47. The van der Waals surface area contributed by atoms with Gasteiger partial charge >= 0.3 is 0 Å². The van der Waals surface area contributed by atoms with E-state index in [4.69, 9.17) is 44.4 Å². The summed E-state index contributed by atoms with van der Waals surface area (Å²) in [6.07, 6.45) is 5.37. The first-order chi connectivity index (χ1) is 17.1. The number of aromatic nitrogens is 2. The number of fused-ring (bicyclic) bond motifs is 1. The van der Waals surface area contributed by atoms with Crippen molar-refractivity contribution in [3.05, 3.63) is 84.4 Å². The number of nitro groups is 1. The molecule has 5 rings (SSSR count). The number of hydrogen-bond acceptors (Lipinski definition) is 6. The lowest BCUT2D eigenvalue weighted by Gasteiger charge is -2.21. The summed E-state index contributed by atoms with van der Waals surface area (Å²) >= 11 is 18.7. The third-order valence-electron chi connectivity index (χ3n) is 6.14. The van der Waals surface area contributed by atoms with Gasteiger partial charge in [0.1, 0.15) is 33.8 Å². The van der Waals surface area contributed by atoms with Crippen LogP contribution in [0.25, 0.3) is 11.4 Å². The zero-order valence-electron chi connectivity index (χ0n) is 19.0. The second kappa shape index (κ2) is 9.55. The van der Waals surface area contributed by atoms with Crippen LogP contribution in [0.4, 0.5) is 10.1 Å². The summed E-state index contributed by atoms with van der Waals surface area (Å²) in [4.78, 5) is 16.3. The molecule has 0 saturated carbocycles. The summed E-state index contributed by atoms with van der Waals surface area (Å²) in [6.45, 7) is 1.77. The molecule has 1 unspecified atom stereocenters. The van der Waals surface area contributed by atoms with Gasteiger partial charge in [0.05, 0.1) is 21.3 Å². The molecular weight excluding hydrogens is 534 g/mol. The zero-order chi connectivity index (χ0) is 25.6. The molecule has 36 heavy (non-hydrogen) atoms. The molecule has 3 aromatic rings. The van der Waals surface area contributed by atoms with Gasteiger partial charge < -0.3 is 4.74 Å². The van der Waals surface area contributed by atoms with Crippen molar-refractivity contribution in [3.8, 4) is 11.4 Å². The average molecular weight is 554 g/mol. The van der Waals surface area contributed by atoms with Crippen LogP contribution in [-0.4, -0.2) is 26.9 Å². The van der Waals surface area contributed by atoms with Crippen molar-refractivity contribution < 1.29 is 18.9 Å². The van der Waals surface area contributed by atoms with Crippen LogP contribution >= 0.6 is 34.8 Å². The number of benzene rings is 2. The molecule has 2 heterocycles. The Morgan fingerprint density at radius 2 is 2.00 bits per heavy atom. The van der Waals surface area contributed by atoms with E-state index in [-0.39, 0.29) is 33.8 Å². The maximum absolute atomic E-state index is 14.9. The van der Waals surface area contributed by atoms with Crippen LogP contribution in [0.3, 0.4) is 0 Å². The van der Waals surface area contributed by atoms with Gasteiger partial charge in [-0.2, -0.15) is 5.10 Å².